The number of carbonyl (C=O) groups is 4. The third-order valence-electron chi connectivity index (χ3n) is 6.66. The summed E-state index contributed by atoms with van der Waals surface area (Å²) in [5, 5.41) is 8.21. The smallest absolute Gasteiger partial charge is 0.247 e. The van der Waals surface area contributed by atoms with Crippen molar-refractivity contribution in [1.29, 1.82) is 0 Å². The standard InChI is InChI=1S/C28H32N4O5/c1-18(2)24(30-17-33)28(36)32-15-13-23-25(32)27(35)31-22(16-20-6-4-3-5-7-20)26(34)29-14-12-19-8-10-21(37-23)11-9-19/h3-12,14,17-18,22-25H,13,15-16H2,1-2H3,(H,29,34)(H,30,33)(H,31,35)/b14-12-. The van der Waals surface area contributed by atoms with E-state index in [9.17, 15) is 19.2 Å². The van der Waals surface area contributed by atoms with Gasteiger partial charge in [0.15, 0.2) is 0 Å². The molecular weight excluding hydrogens is 472 g/mol. The van der Waals surface area contributed by atoms with Gasteiger partial charge >= 0.3 is 0 Å². The molecule has 0 saturated carbocycles. The zero-order chi connectivity index (χ0) is 26.4. The second-order valence-corrected chi connectivity index (χ2v) is 9.59. The molecule has 0 spiro atoms. The van der Waals surface area contributed by atoms with E-state index in [4.69, 9.17) is 4.74 Å². The molecule has 4 atom stereocenters. The Labute approximate surface area is 216 Å². The molecule has 2 bridgehead atoms. The maximum Gasteiger partial charge on any atom is 0.247 e. The predicted molar refractivity (Wildman–Crippen MR) is 138 cm³/mol. The lowest BCUT2D eigenvalue weighted by molar-refractivity contribution is -0.143. The molecule has 0 radical (unpaired) electrons. The van der Waals surface area contributed by atoms with E-state index in [1.807, 2.05) is 56.3 Å². The molecule has 4 amide bonds. The fraction of sp³-hybridized carbons (Fsp3) is 0.357. The number of amides is 4. The van der Waals surface area contributed by atoms with E-state index in [-0.39, 0.29) is 30.7 Å². The molecule has 37 heavy (non-hydrogen) atoms. The van der Waals surface area contributed by atoms with Crippen LogP contribution in [0.25, 0.3) is 6.08 Å². The summed E-state index contributed by atoms with van der Waals surface area (Å²) < 4.78 is 6.20. The minimum Gasteiger partial charge on any atom is -0.488 e. The summed E-state index contributed by atoms with van der Waals surface area (Å²) in [5.74, 6) is -0.842. The van der Waals surface area contributed by atoms with Crippen LogP contribution < -0.4 is 20.7 Å². The van der Waals surface area contributed by atoms with Gasteiger partial charge in [0.2, 0.25) is 24.1 Å². The van der Waals surface area contributed by atoms with Crippen LogP contribution in [0.4, 0.5) is 0 Å². The Balaban J connectivity index is 1.69. The SMILES string of the molecule is CC(C)C(NC=O)C(=O)N1CCC2Oc3ccc(cc3)/C=C\NC(=O)C(Cc3ccccc3)NC(=O)C21. The second kappa shape index (κ2) is 11.7. The van der Waals surface area contributed by atoms with E-state index in [1.54, 1.807) is 24.4 Å². The average molecular weight is 505 g/mol. The molecule has 4 unspecified atom stereocenters. The van der Waals surface area contributed by atoms with Gasteiger partial charge in [0.1, 0.15) is 30.0 Å². The van der Waals surface area contributed by atoms with Gasteiger partial charge in [-0.05, 0) is 35.3 Å². The first-order valence-electron chi connectivity index (χ1n) is 12.5. The number of carbonyl (C=O) groups excluding carboxylic acids is 4. The molecule has 0 aromatic heterocycles. The molecule has 3 heterocycles. The van der Waals surface area contributed by atoms with Crippen molar-refractivity contribution in [2.24, 2.45) is 5.92 Å². The first-order chi connectivity index (χ1) is 17.9. The van der Waals surface area contributed by atoms with Gasteiger partial charge in [-0.2, -0.15) is 0 Å². The van der Waals surface area contributed by atoms with Crippen molar-refractivity contribution >= 4 is 30.2 Å². The van der Waals surface area contributed by atoms with Crippen LogP contribution in [0.2, 0.25) is 0 Å². The molecule has 2 aromatic carbocycles. The van der Waals surface area contributed by atoms with Crippen LogP contribution >= 0.6 is 0 Å². The molecule has 5 rings (SSSR count). The van der Waals surface area contributed by atoms with Crippen LogP contribution in [0.15, 0.2) is 60.8 Å². The minimum atomic E-state index is -0.980. The quantitative estimate of drug-likeness (QED) is 0.517. The van der Waals surface area contributed by atoms with Crippen molar-refractivity contribution in [3.63, 3.8) is 0 Å². The van der Waals surface area contributed by atoms with Crippen LogP contribution in [0.5, 0.6) is 5.75 Å². The molecule has 1 fully saturated rings. The number of nitrogens with one attached hydrogen (secondary N) is 3. The van der Waals surface area contributed by atoms with Crippen molar-refractivity contribution in [1.82, 2.24) is 20.9 Å². The van der Waals surface area contributed by atoms with E-state index >= 15 is 0 Å². The third-order valence-corrected chi connectivity index (χ3v) is 6.66. The third kappa shape index (κ3) is 6.17. The number of likely N-dealkylation sites (tertiary alicyclic amines) is 1. The zero-order valence-corrected chi connectivity index (χ0v) is 20.9. The monoisotopic (exact) mass is 504 g/mol. The van der Waals surface area contributed by atoms with Gasteiger partial charge < -0.3 is 25.6 Å². The number of fused-ring (bicyclic) bond motifs is 7. The number of benzene rings is 2. The van der Waals surface area contributed by atoms with Crippen LogP contribution in [0, 0.1) is 5.92 Å². The van der Waals surface area contributed by atoms with Crippen molar-refractivity contribution in [3.8, 4) is 5.75 Å². The molecule has 9 heteroatoms. The van der Waals surface area contributed by atoms with Crippen molar-refractivity contribution in [2.45, 2.75) is 50.9 Å². The molecule has 0 aliphatic carbocycles. The summed E-state index contributed by atoms with van der Waals surface area (Å²) >= 11 is 0. The van der Waals surface area contributed by atoms with Crippen LogP contribution in [0.1, 0.15) is 31.4 Å². The predicted octanol–water partition coefficient (Wildman–Crippen LogP) is 1.63. The topological polar surface area (TPSA) is 117 Å². The average Bonchev–Trinajstić information content (AvgIpc) is 3.31. The Kier molecular flexibility index (Phi) is 8.22. The first kappa shape index (κ1) is 25.9. The van der Waals surface area contributed by atoms with E-state index in [2.05, 4.69) is 16.0 Å². The minimum absolute atomic E-state index is 0.185. The van der Waals surface area contributed by atoms with Gasteiger partial charge in [-0.15, -0.1) is 0 Å². The molecule has 9 nitrogen and oxygen atoms in total. The van der Waals surface area contributed by atoms with Gasteiger partial charge in [0.05, 0.1) is 0 Å². The highest BCUT2D eigenvalue weighted by atomic mass is 16.5. The highest BCUT2D eigenvalue weighted by molar-refractivity contribution is 5.95. The maximum absolute atomic E-state index is 13.8. The molecule has 3 aliphatic heterocycles. The van der Waals surface area contributed by atoms with Gasteiger partial charge in [-0.3, -0.25) is 19.2 Å². The number of hydrogen-bond donors (Lipinski definition) is 3. The summed E-state index contributed by atoms with van der Waals surface area (Å²) in [7, 11) is 0. The number of rotatable bonds is 6. The first-order valence-corrected chi connectivity index (χ1v) is 12.5. The van der Waals surface area contributed by atoms with E-state index < -0.39 is 30.1 Å². The lowest BCUT2D eigenvalue weighted by Gasteiger charge is -2.32. The highest BCUT2D eigenvalue weighted by Crippen LogP contribution is 2.27. The van der Waals surface area contributed by atoms with Gasteiger partial charge in [-0.1, -0.05) is 56.3 Å². The second-order valence-electron chi connectivity index (χ2n) is 9.59. The summed E-state index contributed by atoms with van der Waals surface area (Å²) in [4.78, 5) is 53.0. The van der Waals surface area contributed by atoms with Crippen molar-refractivity contribution in [2.75, 3.05) is 6.54 Å². The lowest BCUT2D eigenvalue weighted by atomic mass is 10.0. The van der Waals surface area contributed by atoms with Crippen LogP contribution in [-0.2, 0) is 25.6 Å². The number of nitrogens with zero attached hydrogens (tertiary/aromatic N) is 1. The molecule has 2 aromatic rings. The highest BCUT2D eigenvalue weighted by Gasteiger charge is 2.46. The van der Waals surface area contributed by atoms with Gasteiger partial charge in [-0.25, -0.2) is 0 Å². The summed E-state index contributed by atoms with van der Waals surface area (Å²) in [6, 6.07) is 14.0. The summed E-state index contributed by atoms with van der Waals surface area (Å²) in [6.45, 7) is 3.93. The van der Waals surface area contributed by atoms with Crippen LogP contribution in [-0.4, -0.2) is 59.8 Å². The fourth-order valence-electron chi connectivity index (χ4n) is 4.71. The molecule has 194 valence electrons. The van der Waals surface area contributed by atoms with Crippen molar-refractivity contribution < 1.29 is 23.9 Å². The van der Waals surface area contributed by atoms with E-state index in [1.165, 1.54) is 4.90 Å². The molecule has 3 aliphatic rings. The Hall–Kier alpha value is -4.14. The van der Waals surface area contributed by atoms with E-state index in [0.717, 1.165) is 11.1 Å². The summed E-state index contributed by atoms with van der Waals surface area (Å²) in [6.07, 6.45) is 3.87. The molecular formula is C28H32N4O5. The molecule has 3 N–H and O–H groups in total. The number of hydrogen-bond acceptors (Lipinski definition) is 5. The number of ether oxygens (including phenoxy) is 1. The normalized spacial score (nSPS) is 23.2. The maximum atomic E-state index is 13.8. The van der Waals surface area contributed by atoms with E-state index in [0.29, 0.717) is 18.6 Å². The zero-order valence-electron chi connectivity index (χ0n) is 20.9. The Morgan fingerprint density at radius 2 is 1.84 bits per heavy atom. The Bertz CT molecular complexity index is 1150. The van der Waals surface area contributed by atoms with Crippen molar-refractivity contribution in [3.05, 3.63) is 71.9 Å². The largest absolute Gasteiger partial charge is 0.488 e. The lowest BCUT2D eigenvalue weighted by Crippen LogP contribution is -2.59. The fourth-order valence-corrected chi connectivity index (χ4v) is 4.71. The van der Waals surface area contributed by atoms with Crippen LogP contribution in [0.3, 0.4) is 0 Å². The Morgan fingerprint density at radius 3 is 2.51 bits per heavy atom. The van der Waals surface area contributed by atoms with Gasteiger partial charge in [0.25, 0.3) is 0 Å². The Morgan fingerprint density at radius 1 is 1.11 bits per heavy atom. The van der Waals surface area contributed by atoms with Gasteiger partial charge in [0, 0.05) is 25.6 Å². The molecule has 1 saturated heterocycles. The summed E-state index contributed by atoms with van der Waals surface area (Å²) in [5.41, 5.74) is 1.75.